The molecule has 188 valence electrons. The summed E-state index contributed by atoms with van der Waals surface area (Å²) in [6, 6.07) is 21.0. The first kappa shape index (κ1) is 25.9. The van der Waals surface area contributed by atoms with E-state index in [-0.39, 0.29) is 0 Å². The maximum Gasteiger partial charge on any atom is 0.169 e. The summed E-state index contributed by atoms with van der Waals surface area (Å²) < 4.78 is 0. The van der Waals surface area contributed by atoms with Crippen LogP contribution in [0.5, 0.6) is 0 Å². The number of thiocarbonyl (C=S) groups is 2. The van der Waals surface area contributed by atoms with Crippen LogP contribution in [0.3, 0.4) is 0 Å². The van der Waals surface area contributed by atoms with Crippen molar-refractivity contribution in [2.75, 3.05) is 26.2 Å². The molecule has 2 aliphatic rings. The van der Waals surface area contributed by atoms with E-state index in [1.54, 1.807) is 0 Å². The highest BCUT2D eigenvalue weighted by Crippen LogP contribution is 2.27. The largest absolute Gasteiger partial charge is 0.358 e. The van der Waals surface area contributed by atoms with E-state index < -0.39 is 0 Å². The van der Waals surface area contributed by atoms with Crippen LogP contribution in [0.2, 0.25) is 0 Å². The van der Waals surface area contributed by atoms with E-state index in [1.807, 2.05) is 0 Å². The van der Waals surface area contributed by atoms with Crippen molar-refractivity contribution >= 4 is 34.7 Å². The van der Waals surface area contributed by atoms with Crippen molar-refractivity contribution in [3.63, 3.8) is 0 Å². The van der Waals surface area contributed by atoms with Crippen LogP contribution in [0, 0.1) is 11.8 Å². The van der Waals surface area contributed by atoms with E-state index in [9.17, 15) is 0 Å². The smallest absolute Gasteiger partial charge is 0.169 e. The first-order valence-electron chi connectivity index (χ1n) is 13.3. The highest BCUT2D eigenvalue weighted by Gasteiger charge is 2.23. The Morgan fingerprint density at radius 1 is 0.629 bits per heavy atom. The van der Waals surface area contributed by atoms with Gasteiger partial charge in [0.2, 0.25) is 0 Å². The van der Waals surface area contributed by atoms with Crippen LogP contribution >= 0.6 is 24.4 Å². The maximum atomic E-state index is 5.65. The van der Waals surface area contributed by atoms with Gasteiger partial charge >= 0.3 is 0 Å². The zero-order valence-corrected chi connectivity index (χ0v) is 22.5. The van der Waals surface area contributed by atoms with Gasteiger partial charge in [0.15, 0.2) is 10.2 Å². The second-order valence-electron chi connectivity index (χ2n) is 10.1. The fourth-order valence-electron chi connectivity index (χ4n) is 5.32. The maximum absolute atomic E-state index is 5.65. The Labute approximate surface area is 222 Å². The number of nitrogens with one attached hydrogen (secondary N) is 2. The summed E-state index contributed by atoms with van der Waals surface area (Å²) in [4.78, 5) is 4.72. The summed E-state index contributed by atoms with van der Waals surface area (Å²) in [5, 5.41) is 8.70. The van der Waals surface area contributed by atoms with E-state index in [0.29, 0.717) is 0 Å². The van der Waals surface area contributed by atoms with Gasteiger partial charge in [-0.1, -0.05) is 79.9 Å². The van der Waals surface area contributed by atoms with E-state index in [4.69, 9.17) is 24.4 Å². The average molecular weight is 509 g/mol. The van der Waals surface area contributed by atoms with Crippen molar-refractivity contribution in [3.05, 3.63) is 71.8 Å². The van der Waals surface area contributed by atoms with Crippen molar-refractivity contribution in [2.45, 2.75) is 58.0 Å². The van der Waals surface area contributed by atoms with Gasteiger partial charge in [-0.2, -0.15) is 0 Å². The number of benzene rings is 2. The quantitative estimate of drug-likeness (QED) is 0.443. The van der Waals surface area contributed by atoms with Crippen molar-refractivity contribution in [1.29, 1.82) is 0 Å². The lowest BCUT2D eigenvalue weighted by Crippen LogP contribution is -2.44. The summed E-state index contributed by atoms with van der Waals surface area (Å²) in [5.74, 6) is 1.72. The van der Waals surface area contributed by atoms with Crippen molar-refractivity contribution in [1.82, 2.24) is 20.4 Å². The molecule has 2 aliphatic heterocycles. The Bertz CT molecular complexity index is 829. The summed E-state index contributed by atoms with van der Waals surface area (Å²) in [5.41, 5.74) is 2.56. The first-order chi connectivity index (χ1) is 17.2. The summed E-state index contributed by atoms with van der Waals surface area (Å²) in [7, 11) is 0. The fourth-order valence-corrected chi connectivity index (χ4v) is 5.82. The minimum absolute atomic E-state index is 0.812. The molecule has 0 spiro atoms. The van der Waals surface area contributed by atoms with Gasteiger partial charge in [0.05, 0.1) is 0 Å². The van der Waals surface area contributed by atoms with Crippen LogP contribution in [0.15, 0.2) is 60.7 Å². The van der Waals surface area contributed by atoms with E-state index in [2.05, 4.69) is 81.1 Å². The summed E-state index contributed by atoms with van der Waals surface area (Å²) >= 11 is 11.3. The molecule has 0 radical (unpaired) electrons. The molecule has 0 aromatic heterocycles. The Kier molecular flexibility index (Phi) is 10.2. The van der Waals surface area contributed by atoms with Gasteiger partial charge in [0.1, 0.15) is 0 Å². The van der Waals surface area contributed by atoms with E-state index in [1.165, 1.54) is 56.1 Å². The van der Waals surface area contributed by atoms with Crippen molar-refractivity contribution in [3.8, 4) is 0 Å². The third kappa shape index (κ3) is 8.46. The molecule has 6 heteroatoms. The lowest BCUT2D eigenvalue weighted by atomic mass is 9.87. The van der Waals surface area contributed by atoms with Crippen LogP contribution in [0.4, 0.5) is 0 Å². The highest BCUT2D eigenvalue weighted by atomic mass is 32.1. The highest BCUT2D eigenvalue weighted by molar-refractivity contribution is 7.80. The van der Waals surface area contributed by atoms with Crippen LogP contribution in [0.25, 0.3) is 0 Å². The van der Waals surface area contributed by atoms with Crippen LogP contribution in [0.1, 0.15) is 56.1 Å². The summed E-state index contributed by atoms with van der Waals surface area (Å²) in [6.07, 6.45) is 9.19. The molecule has 2 aromatic carbocycles. The molecule has 0 bridgehead atoms. The van der Waals surface area contributed by atoms with Crippen LogP contribution < -0.4 is 10.6 Å². The number of likely N-dealkylation sites (tertiary alicyclic amines) is 2. The number of piperidine rings is 2. The zero-order chi connectivity index (χ0) is 24.3. The minimum atomic E-state index is 0.812. The lowest BCUT2D eigenvalue weighted by Gasteiger charge is -2.35. The topological polar surface area (TPSA) is 30.5 Å². The first-order valence-corrected chi connectivity index (χ1v) is 14.1. The normalized spacial score (nSPS) is 17.3. The lowest BCUT2D eigenvalue weighted by molar-refractivity contribution is 0.226. The molecule has 2 fully saturated rings. The monoisotopic (exact) mass is 508 g/mol. The molecule has 2 N–H and O–H groups in total. The molecule has 2 aromatic rings. The molecular weight excluding hydrogens is 468 g/mol. The van der Waals surface area contributed by atoms with Crippen LogP contribution in [-0.4, -0.2) is 46.2 Å². The molecule has 0 saturated carbocycles. The Hall–Kier alpha value is -2.18. The van der Waals surface area contributed by atoms with E-state index in [0.717, 1.165) is 61.3 Å². The zero-order valence-electron chi connectivity index (χ0n) is 20.8. The number of nitrogens with zero attached hydrogens (tertiary/aromatic N) is 2. The van der Waals surface area contributed by atoms with Crippen molar-refractivity contribution < 1.29 is 0 Å². The van der Waals surface area contributed by atoms with Crippen molar-refractivity contribution in [2.24, 2.45) is 11.8 Å². The molecular formula is C29H40N4S2. The molecule has 35 heavy (non-hydrogen) atoms. The third-order valence-corrected chi connectivity index (χ3v) is 8.41. The average Bonchev–Trinajstić information content (AvgIpc) is 2.92. The Morgan fingerprint density at radius 2 is 1.00 bits per heavy atom. The predicted molar refractivity (Wildman–Crippen MR) is 154 cm³/mol. The summed E-state index contributed by atoms with van der Waals surface area (Å²) in [6.45, 7) is 6.00. The van der Waals surface area contributed by atoms with E-state index >= 15 is 0 Å². The minimum Gasteiger partial charge on any atom is -0.358 e. The molecule has 2 saturated heterocycles. The van der Waals surface area contributed by atoms with Gasteiger partial charge in [0.25, 0.3) is 0 Å². The second-order valence-corrected chi connectivity index (χ2v) is 10.9. The number of hydrogen-bond acceptors (Lipinski definition) is 2. The van der Waals surface area contributed by atoms with Gasteiger partial charge in [-0.25, -0.2) is 0 Å². The number of hydrogen-bond donors (Lipinski definition) is 2. The van der Waals surface area contributed by atoms with Crippen LogP contribution in [-0.2, 0) is 13.1 Å². The van der Waals surface area contributed by atoms with Gasteiger partial charge in [-0.15, -0.1) is 0 Å². The van der Waals surface area contributed by atoms with Gasteiger partial charge in [-0.05, 0) is 73.1 Å². The standard InChI is InChI=1S/C29H40N4S2/c34-28(30-22-26-8-3-1-4-9-26)32-18-14-24(15-19-32)12-7-13-25-16-20-33(21-17-25)29(35)31-23-27-10-5-2-6-11-27/h1-6,8-11,24-25H,7,12-23H2,(H,30,34)(H,31,35). The molecule has 0 aliphatic carbocycles. The molecule has 4 rings (SSSR count). The predicted octanol–water partition coefficient (Wildman–Crippen LogP) is 5.73. The van der Waals surface area contributed by atoms with Gasteiger partial charge < -0.3 is 20.4 Å². The third-order valence-electron chi connectivity index (χ3n) is 7.60. The molecule has 4 nitrogen and oxygen atoms in total. The number of rotatable bonds is 8. The molecule has 0 atom stereocenters. The Balaban J connectivity index is 1.05. The molecule has 0 unspecified atom stereocenters. The SMILES string of the molecule is S=C(NCc1ccccc1)N1CCC(CCCC2CCN(C(=S)NCc3ccccc3)CC2)CC1. The molecule has 2 heterocycles. The van der Waals surface area contributed by atoms with Gasteiger partial charge in [0, 0.05) is 39.3 Å². The Morgan fingerprint density at radius 3 is 1.37 bits per heavy atom. The fraction of sp³-hybridized carbons (Fsp3) is 0.517. The van der Waals surface area contributed by atoms with Gasteiger partial charge in [-0.3, -0.25) is 0 Å². The second kappa shape index (κ2) is 13.8. The molecule has 0 amide bonds.